The molecule has 0 saturated carbocycles. The zero-order valence-electron chi connectivity index (χ0n) is 17.4. The number of aromatic nitrogens is 3. The molecule has 0 N–H and O–H groups in total. The summed E-state index contributed by atoms with van der Waals surface area (Å²) in [5.41, 5.74) is 4.00. The summed E-state index contributed by atoms with van der Waals surface area (Å²) in [4.78, 5) is 4.33. The van der Waals surface area contributed by atoms with E-state index in [0.717, 1.165) is 28.2 Å². The van der Waals surface area contributed by atoms with Crippen molar-refractivity contribution in [3.8, 4) is 28.6 Å². The van der Waals surface area contributed by atoms with Crippen LogP contribution in [0.2, 0.25) is 0 Å². The summed E-state index contributed by atoms with van der Waals surface area (Å²) in [6.45, 7) is 3.89. The quantitative estimate of drug-likeness (QED) is 0.600. The van der Waals surface area contributed by atoms with Crippen molar-refractivity contribution in [2.24, 2.45) is 0 Å². The highest BCUT2D eigenvalue weighted by molar-refractivity contribution is 7.89. The van der Waals surface area contributed by atoms with Crippen LogP contribution >= 0.6 is 0 Å². The van der Waals surface area contributed by atoms with Gasteiger partial charge in [0.25, 0.3) is 0 Å². The van der Waals surface area contributed by atoms with E-state index in [2.05, 4.69) is 4.98 Å². The number of benzene rings is 1. The molecule has 2 aromatic heterocycles. The molecule has 1 aliphatic heterocycles. The maximum atomic E-state index is 12.7. The first-order chi connectivity index (χ1) is 14.4. The Hall–Kier alpha value is -2.91. The average Bonchev–Trinajstić information content (AvgIpc) is 3.32. The van der Waals surface area contributed by atoms with E-state index in [1.165, 1.54) is 4.31 Å². The Morgan fingerprint density at radius 3 is 2.43 bits per heavy atom. The first kappa shape index (κ1) is 20.4. The molecule has 158 valence electrons. The van der Waals surface area contributed by atoms with E-state index in [4.69, 9.17) is 14.6 Å². The van der Waals surface area contributed by atoms with E-state index >= 15 is 0 Å². The first-order valence-electron chi connectivity index (χ1n) is 9.60. The van der Waals surface area contributed by atoms with Gasteiger partial charge in [-0.1, -0.05) is 12.1 Å². The van der Waals surface area contributed by atoms with Crippen LogP contribution in [-0.4, -0.2) is 47.0 Å². The van der Waals surface area contributed by atoms with Crippen LogP contribution in [0, 0.1) is 0 Å². The lowest BCUT2D eigenvalue weighted by molar-refractivity contribution is 0.398. The van der Waals surface area contributed by atoms with E-state index in [-0.39, 0.29) is 13.1 Å². The highest BCUT2D eigenvalue weighted by atomic mass is 32.2. The number of sulfonamides is 1. The molecular formula is C21H24N4O4S. The number of rotatable bonds is 6. The Morgan fingerprint density at radius 1 is 1.03 bits per heavy atom. The van der Waals surface area contributed by atoms with Crippen molar-refractivity contribution >= 4 is 10.0 Å². The first-order valence-corrected chi connectivity index (χ1v) is 11.1. The summed E-state index contributed by atoms with van der Waals surface area (Å²) in [7, 11) is -0.215. The Labute approximate surface area is 176 Å². The predicted molar refractivity (Wildman–Crippen MR) is 113 cm³/mol. The van der Waals surface area contributed by atoms with Crippen molar-refractivity contribution in [1.82, 2.24) is 19.1 Å². The topological polar surface area (TPSA) is 86.5 Å². The number of hydrogen-bond donors (Lipinski definition) is 0. The van der Waals surface area contributed by atoms with Gasteiger partial charge in [0.15, 0.2) is 0 Å². The van der Waals surface area contributed by atoms with Crippen LogP contribution < -0.4 is 9.47 Å². The van der Waals surface area contributed by atoms with Gasteiger partial charge in [-0.25, -0.2) is 18.1 Å². The highest BCUT2D eigenvalue weighted by Gasteiger charge is 2.36. The molecule has 9 heteroatoms. The number of methoxy groups -OCH3 is 2. The molecule has 0 unspecified atom stereocenters. The van der Waals surface area contributed by atoms with Gasteiger partial charge in [-0.05, 0) is 32.0 Å². The second-order valence-electron chi connectivity index (χ2n) is 7.31. The second kappa shape index (κ2) is 7.73. The summed E-state index contributed by atoms with van der Waals surface area (Å²) in [5, 5.41) is 4.29. The van der Waals surface area contributed by atoms with Crippen molar-refractivity contribution in [1.29, 1.82) is 0 Å². The van der Waals surface area contributed by atoms with Crippen LogP contribution in [0.5, 0.6) is 11.6 Å². The van der Waals surface area contributed by atoms with Gasteiger partial charge in [0.2, 0.25) is 15.9 Å². The molecule has 30 heavy (non-hydrogen) atoms. The number of pyridine rings is 1. The van der Waals surface area contributed by atoms with Crippen LogP contribution in [0.3, 0.4) is 0 Å². The fourth-order valence-corrected chi connectivity index (χ4v) is 4.79. The second-order valence-corrected chi connectivity index (χ2v) is 9.80. The van der Waals surface area contributed by atoms with Gasteiger partial charge in [0.1, 0.15) is 11.4 Å². The largest absolute Gasteiger partial charge is 0.494 e. The third-order valence-corrected chi connectivity index (χ3v) is 7.38. The molecule has 8 nitrogen and oxygen atoms in total. The number of hydrogen-bond acceptors (Lipinski definition) is 6. The zero-order valence-corrected chi connectivity index (χ0v) is 18.2. The molecule has 4 rings (SSSR count). The standard InChI is InChI=1S/C21H24N4O4S/c1-14(2)30(26,27)24-12-16-17(13-24)23-25(18-7-5-6-8-19(18)28-3)21(16)15-9-10-20(29-4)22-11-15/h5-11,14H,12-13H2,1-4H3. The summed E-state index contributed by atoms with van der Waals surface area (Å²) >= 11 is 0. The molecular weight excluding hydrogens is 404 g/mol. The van der Waals surface area contributed by atoms with Crippen molar-refractivity contribution in [2.75, 3.05) is 14.2 Å². The molecule has 0 spiro atoms. The van der Waals surface area contributed by atoms with Gasteiger partial charge >= 0.3 is 0 Å². The van der Waals surface area contributed by atoms with Gasteiger partial charge in [-0.3, -0.25) is 0 Å². The third-order valence-electron chi connectivity index (χ3n) is 5.22. The Morgan fingerprint density at radius 2 is 1.80 bits per heavy atom. The van der Waals surface area contributed by atoms with Gasteiger partial charge in [-0.15, -0.1) is 0 Å². The van der Waals surface area contributed by atoms with Crippen LogP contribution in [-0.2, 0) is 23.1 Å². The predicted octanol–water partition coefficient (Wildman–Crippen LogP) is 3.01. The van der Waals surface area contributed by atoms with Gasteiger partial charge in [-0.2, -0.15) is 9.40 Å². The SMILES string of the molecule is COc1ccc(-c2c3c(nn2-c2ccccc2OC)CN(S(=O)(=O)C(C)C)C3)cn1. The number of ether oxygens (including phenoxy) is 2. The zero-order chi connectivity index (χ0) is 21.5. The number of para-hydroxylation sites is 2. The lowest BCUT2D eigenvalue weighted by Crippen LogP contribution is -2.32. The molecule has 3 heterocycles. The van der Waals surface area contributed by atoms with E-state index in [1.54, 1.807) is 40.3 Å². The van der Waals surface area contributed by atoms with Crippen molar-refractivity contribution < 1.29 is 17.9 Å². The minimum Gasteiger partial charge on any atom is -0.494 e. The summed E-state index contributed by atoms with van der Waals surface area (Å²) in [6, 6.07) is 11.3. The van der Waals surface area contributed by atoms with Crippen LogP contribution in [0.4, 0.5) is 0 Å². The molecule has 0 saturated heterocycles. The Bertz CT molecular complexity index is 1170. The normalized spacial score (nSPS) is 14.2. The van der Waals surface area contributed by atoms with E-state index in [1.807, 2.05) is 35.0 Å². The van der Waals surface area contributed by atoms with Crippen molar-refractivity contribution in [3.05, 3.63) is 53.9 Å². The van der Waals surface area contributed by atoms with E-state index < -0.39 is 15.3 Å². The fraction of sp³-hybridized carbons (Fsp3) is 0.333. The van der Waals surface area contributed by atoms with Gasteiger partial charge < -0.3 is 9.47 Å². The van der Waals surface area contributed by atoms with Gasteiger partial charge in [0, 0.05) is 29.9 Å². The number of fused-ring (bicyclic) bond motifs is 1. The minimum absolute atomic E-state index is 0.245. The maximum Gasteiger partial charge on any atom is 0.217 e. The smallest absolute Gasteiger partial charge is 0.217 e. The highest BCUT2D eigenvalue weighted by Crippen LogP contribution is 2.38. The molecule has 0 atom stereocenters. The summed E-state index contributed by atoms with van der Waals surface area (Å²) < 4.78 is 39.5. The van der Waals surface area contributed by atoms with Crippen LogP contribution in [0.25, 0.3) is 16.9 Å². The summed E-state index contributed by atoms with van der Waals surface area (Å²) in [6.07, 6.45) is 1.71. The lowest BCUT2D eigenvalue weighted by atomic mass is 10.1. The number of nitrogens with zero attached hydrogens (tertiary/aromatic N) is 4. The third kappa shape index (κ3) is 3.33. The molecule has 0 radical (unpaired) electrons. The average molecular weight is 429 g/mol. The molecule has 0 amide bonds. The van der Waals surface area contributed by atoms with Crippen LogP contribution in [0.1, 0.15) is 25.1 Å². The maximum absolute atomic E-state index is 12.7. The lowest BCUT2D eigenvalue weighted by Gasteiger charge is -2.19. The van der Waals surface area contributed by atoms with E-state index in [9.17, 15) is 8.42 Å². The molecule has 1 aromatic carbocycles. The molecule has 3 aromatic rings. The molecule has 1 aliphatic rings. The minimum atomic E-state index is -3.39. The molecule has 0 aliphatic carbocycles. The fourth-order valence-electron chi connectivity index (χ4n) is 3.58. The monoisotopic (exact) mass is 428 g/mol. The molecule has 0 fully saturated rings. The van der Waals surface area contributed by atoms with Gasteiger partial charge in [0.05, 0.1) is 37.4 Å². The van der Waals surface area contributed by atoms with E-state index in [0.29, 0.717) is 11.6 Å². The Balaban J connectivity index is 1.88. The van der Waals surface area contributed by atoms with Crippen molar-refractivity contribution in [2.45, 2.75) is 32.2 Å². The molecule has 0 bridgehead atoms. The Kier molecular flexibility index (Phi) is 5.25. The van der Waals surface area contributed by atoms with Crippen LogP contribution in [0.15, 0.2) is 42.6 Å². The van der Waals surface area contributed by atoms with Crippen molar-refractivity contribution in [3.63, 3.8) is 0 Å². The summed E-state index contributed by atoms with van der Waals surface area (Å²) in [5.74, 6) is 1.18.